The molecule has 0 saturated heterocycles. The van der Waals surface area contributed by atoms with Crippen molar-refractivity contribution in [3.05, 3.63) is 0 Å². The van der Waals surface area contributed by atoms with E-state index < -0.39 is 47.9 Å². The van der Waals surface area contributed by atoms with Crippen LogP contribution in [0.5, 0.6) is 0 Å². The molecule has 1 atom stereocenters. The van der Waals surface area contributed by atoms with Crippen LogP contribution >= 0.6 is 0 Å². The third-order valence-corrected chi connectivity index (χ3v) is 1.94. The molecule has 0 aliphatic heterocycles. The first-order valence-electron chi connectivity index (χ1n) is 5.43. The fourth-order valence-corrected chi connectivity index (χ4v) is 0.856. The van der Waals surface area contributed by atoms with Gasteiger partial charge < -0.3 is 15.2 Å². The predicted octanol–water partition coefficient (Wildman–Crippen LogP) is -1.59. The van der Waals surface area contributed by atoms with Crippen LogP contribution in [0.2, 0.25) is 0 Å². The monoisotopic (exact) mass is 287 g/mol. The summed E-state index contributed by atoms with van der Waals surface area (Å²) in [5.74, 6) is -6.84. The lowest BCUT2D eigenvalue weighted by Crippen LogP contribution is -2.35. The molecule has 0 fully saturated rings. The van der Waals surface area contributed by atoms with Gasteiger partial charge in [-0.15, -0.1) is 0 Å². The van der Waals surface area contributed by atoms with Gasteiger partial charge in [0.15, 0.2) is 0 Å². The van der Waals surface area contributed by atoms with E-state index in [9.17, 15) is 28.8 Å². The van der Waals surface area contributed by atoms with E-state index in [1.54, 1.807) is 0 Å². The second kappa shape index (κ2) is 7.89. The molecule has 0 aromatic rings. The van der Waals surface area contributed by atoms with Crippen LogP contribution in [-0.4, -0.2) is 41.5 Å². The van der Waals surface area contributed by atoms with Gasteiger partial charge in [-0.1, -0.05) is 0 Å². The Morgan fingerprint density at radius 1 is 0.900 bits per heavy atom. The Bertz CT molecular complexity index is 467. The standard InChI is InChI=1S/C11H13NO8/c1-5(13)9(16)19-8(15)4-3-7(12)11(18)20-10(17)6(2)14/h7H,3-4,12H2,1-2H3/t7-/m0/s1. The van der Waals surface area contributed by atoms with E-state index in [0.29, 0.717) is 0 Å². The molecule has 110 valence electrons. The van der Waals surface area contributed by atoms with Crippen molar-refractivity contribution in [3.8, 4) is 0 Å². The summed E-state index contributed by atoms with van der Waals surface area (Å²) in [5, 5.41) is 0. The summed E-state index contributed by atoms with van der Waals surface area (Å²) in [4.78, 5) is 64.9. The van der Waals surface area contributed by atoms with Crippen molar-refractivity contribution >= 4 is 35.4 Å². The first-order chi connectivity index (χ1) is 9.15. The van der Waals surface area contributed by atoms with Crippen molar-refractivity contribution in [1.82, 2.24) is 0 Å². The fraction of sp³-hybridized carbons (Fsp3) is 0.455. The molecule has 0 aliphatic carbocycles. The summed E-state index contributed by atoms with van der Waals surface area (Å²) in [6, 6.07) is -1.35. The van der Waals surface area contributed by atoms with E-state index in [1.165, 1.54) is 0 Å². The molecule has 0 aliphatic rings. The number of ether oxygens (including phenoxy) is 2. The molecular formula is C11H13NO8. The number of esters is 4. The van der Waals surface area contributed by atoms with Crippen molar-refractivity contribution in [2.45, 2.75) is 32.7 Å². The molecule has 0 unspecified atom stereocenters. The van der Waals surface area contributed by atoms with E-state index in [-0.39, 0.29) is 6.42 Å². The highest BCUT2D eigenvalue weighted by Crippen LogP contribution is 2.00. The Morgan fingerprint density at radius 2 is 1.35 bits per heavy atom. The Labute approximate surface area is 113 Å². The molecular weight excluding hydrogens is 274 g/mol. The van der Waals surface area contributed by atoms with Gasteiger partial charge in [-0.2, -0.15) is 0 Å². The average Bonchev–Trinajstić information content (AvgIpc) is 2.35. The zero-order valence-electron chi connectivity index (χ0n) is 10.8. The number of hydrogen-bond donors (Lipinski definition) is 1. The molecule has 0 aromatic carbocycles. The number of rotatable bonds is 6. The third kappa shape index (κ3) is 6.50. The zero-order chi connectivity index (χ0) is 15.9. The molecule has 0 amide bonds. The predicted molar refractivity (Wildman–Crippen MR) is 60.8 cm³/mol. The molecule has 0 aromatic heterocycles. The Morgan fingerprint density at radius 3 is 1.80 bits per heavy atom. The lowest BCUT2D eigenvalue weighted by atomic mass is 10.2. The van der Waals surface area contributed by atoms with Gasteiger partial charge in [0.05, 0.1) is 0 Å². The molecule has 0 rings (SSSR count). The first kappa shape index (κ1) is 17.6. The lowest BCUT2D eigenvalue weighted by molar-refractivity contribution is -0.165. The van der Waals surface area contributed by atoms with Gasteiger partial charge in [-0.3, -0.25) is 14.4 Å². The molecule has 0 radical (unpaired) electrons. The molecule has 20 heavy (non-hydrogen) atoms. The summed E-state index contributed by atoms with van der Waals surface area (Å²) in [6.07, 6.45) is -0.725. The number of carbonyl (C=O) groups is 6. The van der Waals surface area contributed by atoms with Gasteiger partial charge >= 0.3 is 23.9 Å². The zero-order valence-corrected chi connectivity index (χ0v) is 10.8. The molecule has 0 heterocycles. The van der Waals surface area contributed by atoms with Crippen molar-refractivity contribution in [1.29, 1.82) is 0 Å². The highest BCUT2D eigenvalue weighted by Gasteiger charge is 2.23. The first-order valence-corrected chi connectivity index (χ1v) is 5.43. The Hall–Kier alpha value is -2.42. The van der Waals surface area contributed by atoms with Crippen LogP contribution in [0.25, 0.3) is 0 Å². The maximum absolute atomic E-state index is 11.2. The van der Waals surface area contributed by atoms with E-state index in [0.717, 1.165) is 13.8 Å². The molecule has 9 nitrogen and oxygen atoms in total. The van der Waals surface area contributed by atoms with Crippen LogP contribution in [0.1, 0.15) is 26.7 Å². The van der Waals surface area contributed by atoms with Crippen molar-refractivity contribution in [3.63, 3.8) is 0 Å². The van der Waals surface area contributed by atoms with Gasteiger partial charge in [-0.25, -0.2) is 14.4 Å². The van der Waals surface area contributed by atoms with Crippen LogP contribution in [0.3, 0.4) is 0 Å². The normalized spacial score (nSPS) is 11.2. The summed E-state index contributed by atoms with van der Waals surface area (Å²) in [5.41, 5.74) is 5.31. The minimum atomic E-state index is -1.36. The largest absolute Gasteiger partial charge is 0.387 e. The SMILES string of the molecule is CC(=O)C(=O)OC(=O)CC[C@H](N)C(=O)OC(=O)C(C)=O. The van der Waals surface area contributed by atoms with Gasteiger partial charge in [0, 0.05) is 20.3 Å². The Balaban J connectivity index is 4.19. The van der Waals surface area contributed by atoms with Crippen molar-refractivity contribution in [2.75, 3.05) is 0 Å². The summed E-state index contributed by atoms with van der Waals surface area (Å²) >= 11 is 0. The summed E-state index contributed by atoms with van der Waals surface area (Å²) < 4.78 is 8.20. The van der Waals surface area contributed by atoms with Gasteiger partial charge in [0.1, 0.15) is 6.04 Å². The maximum Gasteiger partial charge on any atom is 0.381 e. The third-order valence-electron chi connectivity index (χ3n) is 1.94. The van der Waals surface area contributed by atoms with Crippen LogP contribution in [0.15, 0.2) is 0 Å². The molecule has 9 heteroatoms. The van der Waals surface area contributed by atoms with Crippen LogP contribution < -0.4 is 5.73 Å². The highest BCUT2D eigenvalue weighted by molar-refractivity contribution is 6.34. The minimum absolute atomic E-state index is 0.284. The molecule has 2 N–H and O–H groups in total. The topological polar surface area (TPSA) is 147 Å². The van der Waals surface area contributed by atoms with E-state index in [1.807, 2.05) is 0 Å². The van der Waals surface area contributed by atoms with Crippen molar-refractivity contribution < 1.29 is 38.2 Å². The summed E-state index contributed by atoms with van der Waals surface area (Å²) in [6.45, 7) is 1.83. The minimum Gasteiger partial charge on any atom is -0.387 e. The van der Waals surface area contributed by atoms with Crippen LogP contribution in [0, 0.1) is 0 Å². The van der Waals surface area contributed by atoms with Gasteiger partial charge in [0.25, 0.3) is 0 Å². The number of carbonyl (C=O) groups excluding carboxylic acids is 6. The second-order valence-corrected chi connectivity index (χ2v) is 3.73. The maximum atomic E-state index is 11.2. The molecule has 0 bridgehead atoms. The van der Waals surface area contributed by atoms with Crippen molar-refractivity contribution in [2.24, 2.45) is 5.73 Å². The van der Waals surface area contributed by atoms with E-state index in [2.05, 4.69) is 9.47 Å². The number of ketones is 2. The number of Topliss-reactive ketones (excluding diaryl/α,β-unsaturated/α-hetero) is 2. The lowest BCUT2D eigenvalue weighted by Gasteiger charge is -2.08. The molecule has 0 saturated carbocycles. The number of hydrogen-bond acceptors (Lipinski definition) is 9. The summed E-state index contributed by atoms with van der Waals surface area (Å²) in [7, 11) is 0. The quantitative estimate of drug-likeness (QED) is 0.347. The average molecular weight is 287 g/mol. The Kier molecular flexibility index (Phi) is 6.94. The van der Waals surface area contributed by atoms with Crippen LogP contribution in [0.4, 0.5) is 0 Å². The number of nitrogens with two attached hydrogens (primary N) is 1. The van der Waals surface area contributed by atoms with Gasteiger partial charge in [-0.05, 0) is 6.42 Å². The second-order valence-electron chi connectivity index (χ2n) is 3.73. The van der Waals surface area contributed by atoms with E-state index >= 15 is 0 Å². The van der Waals surface area contributed by atoms with Gasteiger partial charge in [0.2, 0.25) is 11.6 Å². The van der Waals surface area contributed by atoms with E-state index in [4.69, 9.17) is 5.73 Å². The van der Waals surface area contributed by atoms with Crippen LogP contribution in [-0.2, 0) is 38.2 Å². The molecule has 0 spiro atoms. The smallest absolute Gasteiger partial charge is 0.381 e. The highest BCUT2D eigenvalue weighted by atomic mass is 16.6. The fourth-order valence-electron chi connectivity index (χ4n) is 0.856.